The van der Waals surface area contributed by atoms with Crippen LogP contribution in [0.1, 0.15) is 23.7 Å². The number of aryl methyl sites for hydroxylation is 2. The van der Waals surface area contributed by atoms with Crippen LogP contribution in [0.5, 0.6) is 0 Å². The third-order valence-corrected chi connectivity index (χ3v) is 2.73. The minimum Gasteiger partial charge on any atom is -0.352 e. The summed E-state index contributed by atoms with van der Waals surface area (Å²) >= 11 is 0. The molecule has 1 rings (SSSR count). The Labute approximate surface area is 100 Å². The number of amides is 1. The molecule has 0 aromatic carbocycles. The molecule has 1 amide bonds. The van der Waals surface area contributed by atoms with E-state index in [1.165, 1.54) is 0 Å². The molecule has 0 spiro atoms. The Bertz CT molecular complexity index is 465. The lowest BCUT2D eigenvalue weighted by molar-refractivity contribution is -0.124. The lowest BCUT2D eigenvalue weighted by atomic mass is 10.1. The summed E-state index contributed by atoms with van der Waals surface area (Å²) in [5.74, 6) is -0.369. The fourth-order valence-electron chi connectivity index (χ4n) is 1.56. The first-order valence-electron chi connectivity index (χ1n) is 5.63. The monoisotopic (exact) mass is 237 g/mol. The molecule has 0 bridgehead atoms. The van der Waals surface area contributed by atoms with Crippen molar-refractivity contribution >= 4 is 5.91 Å². The normalized spacial score (nSPS) is 12.2. The van der Waals surface area contributed by atoms with E-state index in [-0.39, 0.29) is 23.9 Å². The number of nitrogens with two attached hydrogens (primary N) is 1. The van der Waals surface area contributed by atoms with Crippen LogP contribution in [-0.4, -0.2) is 17.4 Å². The van der Waals surface area contributed by atoms with Gasteiger partial charge in [-0.3, -0.25) is 9.59 Å². The van der Waals surface area contributed by atoms with Crippen LogP contribution in [0.25, 0.3) is 0 Å². The smallest absolute Gasteiger partial charge is 0.253 e. The molecule has 1 aromatic heterocycles. The Hall–Kier alpha value is -1.62. The van der Waals surface area contributed by atoms with Crippen molar-refractivity contribution in [2.75, 3.05) is 6.54 Å². The number of hydrogen-bond donors (Lipinski definition) is 3. The Morgan fingerprint density at radius 1 is 1.53 bits per heavy atom. The number of aromatic amines is 1. The van der Waals surface area contributed by atoms with Crippen LogP contribution in [0.2, 0.25) is 0 Å². The van der Waals surface area contributed by atoms with Gasteiger partial charge in [-0.05, 0) is 25.5 Å². The van der Waals surface area contributed by atoms with Gasteiger partial charge in [-0.15, -0.1) is 0 Å². The van der Waals surface area contributed by atoms with Crippen molar-refractivity contribution in [2.45, 2.75) is 27.3 Å². The summed E-state index contributed by atoms with van der Waals surface area (Å²) in [6, 6.07) is 1.88. The van der Waals surface area contributed by atoms with Crippen molar-refractivity contribution in [3.8, 4) is 0 Å². The van der Waals surface area contributed by atoms with Gasteiger partial charge >= 0.3 is 0 Å². The number of pyridine rings is 1. The molecule has 0 saturated heterocycles. The molecule has 0 aliphatic heterocycles. The first kappa shape index (κ1) is 13.4. The summed E-state index contributed by atoms with van der Waals surface area (Å²) in [5.41, 5.74) is 7.53. The van der Waals surface area contributed by atoms with Gasteiger partial charge in [-0.2, -0.15) is 0 Å². The molecule has 1 heterocycles. The fraction of sp³-hybridized carbons (Fsp3) is 0.500. The number of nitrogens with one attached hydrogen (secondary N) is 2. The van der Waals surface area contributed by atoms with Gasteiger partial charge in [0.15, 0.2) is 0 Å². The summed E-state index contributed by atoms with van der Waals surface area (Å²) in [5, 5.41) is 2.71. The van der Waals surface area contributed by atoms with E-state index in [0.29, 0.717) is 12.1 Å². The van der Waals surface area contributed by atoms with E-state index < -0.39 is 0 Å². The number of rotatable bonds is 4. The van der Waals surface area contributed by atoms with Gasteiger partial charge in [-0.25, -0.2) is 0 Å². The van der Waals surface area contributed by atoms with Crippen molar-refractivity contribution in [3.05, 3.63) is 33.2 Å². The standard InChI is InChI=1S/C12H19N3O2/c1-7-4-9(3)15-12(17)10(7)6-14-11(16)8(2)5-13/h4,8H,5-6,13H2,1-3H3,(H,14,16)(H,15,17). The quantitative estimate of drug-likeness (QED) is 0.699. The van der Waals surface area contributed by atoms with Crippen LogP contribution in [-0.2, 0) is 11.3 Å². The average molecular weight is 237 g/mol. The molecule has 1 aromatic rings. The van der Waals surface area contributed by atoms with Crippen LogP contribution < -0.4 is 16.6 Å². The Morgan fingerprint density at radius 3 is 2.71 bits per heavy atom. The van der Waals surface area contributed by atoms with Crippen LogP contribution in [0.15, 0.2) is 10.9 Å². The number of aromatic nitrogens is 1. The second-order valence-corrected chi connectivity index (χ2v) is 4.30. The molecule has 1 unspecified atom stereocenters. The van der Waals surface area contributed by atoms with E-state index in [1.807, 2.05) is 19.9 Å². The van der Waals surface area contributed by atoms with Crippen molar-refractivity contribution in [1.29, 1.82) is 0 Å². The van der Waals surface area contributed by atoms with Crippen molar-refractivity contribution in [1.82, 2.24) is 10.3 Å². The van der Waals surface area contributed by atoms with Gasteiger partial charge in [0.1, 0.15) is 0 Å². The minimum absolute atomic E-state index is 0.133. The lowest BCUT2D eigenvalue weighted by Gasteiger charge is -2.11. The topological polar surface area (TPSA) is 88.0 Å². The molecule has 0 fully saturated rings. The highest BCUT2D eigenvalue weighted by Crippen LogP contribution is 2.03. The third-order valence-electron chi connectivity index (χ3n) is 2.73. The zero-order chi connectivity index (χ0) is 13.0. The van der Waals surface area contributed by atoms with E-state index in [0.717, 1.165) is 11.3 Å². The van der Waals surface area contributed by atoms with Crippen LogP contribution in [0.3, 0.4) is 0 Å². The molecule has 17 heavy (non-hydrogen) atoms. The maximum Gasteiger partial charge on any atom is 0.253 e. The van der Waals surface area contributed by atoms with E-state index in [2.05, 4.69) is 10.3 Å². The van der Waals surface area contributed by atoms with Crippen molar-refractivity contribution < 1.29 is 4.79 Å². The molecule has 0 radical (unpaired) electrons. The Kier molecular flexibility index (Phi) is 4.45. The van der Waals surface area contributed by atoms with Gasteiger partial charge in [-0.1, -0.05) is 6.92 Å². The largest absolute Gasteiger partial charge is 0.352 e. The van der Waals surface area contributed by atoms with E-state index in [9.17, 15) is 9.59 Å². The highest BCUT2D eigenvalue weighted by atomic mass is 16.2. The second kappa shape index (κ2) is 5.63. The lowest BCUT2D eigenvalue weighted by Crippen LogP contribution is -2.34. The zero-order valence-electron chi connectivity index (χ0n) is 10.5. The highest BCUT2D eigenvalue weighted by molar-refractivity contribution is 5.78. The van der Waals surface area contributed by atoms with E-state index in [1.54, 1.807) is 6.92 Å². The van der Waals surface area contributed by atoms with Gasteiger partial charge in [0, 0.05) is 30.3 Å². The molecule has 94 valence electrons. The summed E-state index contributed by atoms with van der Waals surface area (Å²) in [6.45, 7) is 5.98. The summed E-state index contributed by atoms with van der Waals surface area (Å²) in [7, 11) is 0. The predicted molar refractivity (Wildman–Crippen MR) is 66.6 cm³/mol. The summed E-state index contributed by atoms with van der Waals surface area (Å²) in [6.07, 6.45) is 0. The SMILES string of the molecule is Cc1cc(C)c(CNC(=O)C(C)CN)c(=O)[nH]1. The van der Waals surface area contributed by atoms with Crippen LogP contribution in [0, 0.1) is 19.8 Å². The molecule has 5 nitrogen and oxygen atoms in total. The maximum absolute atomic E-state index is 11.7. The number of hydrogen-bond acceptors (Lipinski definition) is 3. The molecule has 4 N–H and O–H groups in total. The van der Waals surface area contributed by atoms with Crippen LogP contribution >= 0.6 is 0 Å². The molecular weight excluding hydrogens is 218 g/mol. The van der Waals surface area contributed by atoms with Gasteiger partial charge in [0.05, 0.1) is 0 Å². The highest BCUT2D eigenvalue weighted by Gasteiger charge is 2.12. The van der Waals surface area contributed by atoms with Crippen molar-refractivity contribution in [2.24, 2.45) is 11.7 Å². The van der Waals surface area contributed by atoms with E-state index in [4.69, 9.17) is 5.73 Å². The minimum atomic E-state index is -0.236. The molecule has 0 aliphatic rings. The summed E-state index contributed by atoms with van der Waals surface area (Å²) in [4.78, 5) is 25.9. The van der Waals surface area contributed by atoms with Gasteiger partial charge < -0.3 is 16.0 Å². The molecule has 0 aliphatic carbocycles. The third kappa shape index (κ3) is 3.42. The second-order valence-electron chi connectivity index (χ2n) is 4.30. The number of carbonyl (C=O) groups is 1. The Balaban J connectivity index is 2.77. The van der Waals surface area contributed by atoms with Gasteiger partial charge in [0.2, 0.25) is 5.91 Å². The predicted octanol–water partition coefficient (Wildman–Crippen LogP) is 0.203. The van der Waals surface area contributed by atoms with Crippen LogP contribution in [0.4, 0.5) is 0 Å². The maximum atomic E-state index is 11.7. The average Bonchev–Trinajstić information content (AvgIpc) is 2.26. The fourth-order valence-corrected chi connectivity index (χ4v) is 1.56. The Morgan fingerprint density at radius 2 is 2.18 bits per heavy atom. The molecule has 5 heteroatoms. The summed E-state index contributed by atoms with van der Waals surface area (Å²) < 4.78 is 0. The number of H-pyrrole nitrogens is 1. The zero-order valence-corrected chi connectivity index (χ0v) is 10.5. The van der Waals surface area contributed by atoms with Crippen molar-refractivity contribution in [3.63, 3.8) is 0 Å². The first-order valence-corrected chi connectivity index (χ1v) is 5.63. The molecule has 0 saturated carbocycles. The molecular formula is C12H19N3O2. The van der Waals surface area contributed by atoms with Gasteiger partial charge in [0.25, 0.3) is 5.56 Å². The molecule has 1 atom stereocenters. The van der Waals surface area contributed by atoms with E-state index >= 15 is 0 Å². The first-order chi connectivity index (χ1) is 7.95. The number of carbonyl (C=O) groups excluding carboxylic acids is 1.